The lowest BCUT2D eigenvalue weighted by atomic mass is 10.2. The molecule has 0 heterocycles. The molecule has 0 fully saturated rings. The highest BCUT2D eigenvalue weighted by Gasteiger charge is 2.13. The number of carbonyl (C=O) groups excluding carboxylic acids is 3. The molecule has 0 aromatic heterocycles. The first-order valence-corrected chi connectivity index (χ1v) is 6.33. The Bertz CT molecular complexity index is 592. The Morgan fingerprint density at radius 2 is 2.04 bits per heavy atom. The minimum Gasteiger partial charge on any atom is -0.452 e. The van der Waals surface area contributed by atoms with Gasteiger partial charge < -0.3 is 14.8 Å². The van der Waals surface area contributed by atoms with Gasteiger partial charge in [-0.2, -0.15) is 8.78 Å². The molecule has 1 rings (SSSR count). The Labute approximate surface area is 130 Å². The van der Waals surface area contributed by atoms with E-state index in [1.807, 2.05) is 5.32 Å². The minimum absolute atomic E-state index is 0.0768. The Hall–Kier alpha value is -2.97. The molecule has 1 aromatic carbocycles. The predicted molar refractivity (Wildman–Crippen MR) is 75.1 cm³/mol. The molecule has 0 radical (unpaired) electrons. The maximum absolute atomic E-state index is 12.1. The molecule has 124 valence electrons. The molecule has 3 amide bonds. The molecular weight excluding hydrogens is 314 g/mol. The maximum atomic E-state index is 12.1. The third-order valence-corrected chi connectivity index (χ3v) is 2.29. The number of halogens is 2. The third kappa shape index (κ3) is 7.02. The second-order valence-electron chi connectivity index (χ2n) is 4.03. The fourth-order valence-electron chi connectivity index (χ4n) is 1.39. The van der Waals surface area contributed by atoms with E-state index in [0.717, 1.165) is 6.07 Å². The van der Waals surface area contributed by atoms with Crippen LogP contribution in [0.3, 0.4) is 0 Å². The van der Waals surface area contributed by atoms with Crippen molar-refractivity contribution in [2.75, 3.05) is 13.2 Å². The molecule has 1 aromatic rings. The molecule has 0 aliphatic rings. The average Bonchev–Trinajstić information content (AvgIpc) is 2.50. The topological polar surface area (TPSA) is 93.7 Å². The van der Waals surface area contributed by atoms with E-state index in [9.17, 15) is 23.2 Å². The van der Waals surface area contributed by atoms with E-state index in [2.05, 4.69) is 21.4 Å². The summed E-state index contributed by atoms with van der Waals surface area (Å²) in [6.45, 7) is -0.196. The molecule has 0 aliphatic heterocycles. The molecule has 9 heteroatoms. The van der Waals surface area contributed by atoms with Crippen molar-refractivity contribution in [3.8, 4) is 5.75 Å². The van der Waals surface area contributed by atoms with Crippen molar-refractivity contribution in [2.24, 2.45) is 0 Å². The van der Waals surface area contributed by atoms with E-state index in [1.54, 1.807) is 0 Å². The lowest BCUT2D eigenvalue weighted by molar-refractivity contribution is -0.123. The first-order valence-electron chi connectivity index (χ1n) is 6.33. The minimum atomic E-state index is -3.03. The summed E-state index contributed by atoms with van der Waals surface area (Å²) in [5.74, 6) is -1.99. The summed E-state index contributed by atoms with van der Waals surface area (Å²) in [6, 6.07) is 4.13. The zero-order valence-corrected chi connectivity index (χ0v) is 11.9. The molecule has 7 nitrogen and oxygen atoms in total. The number of amides is 3. The number of hydrogen-bond donors (Lipinski definition) is 2. The summed E-state index contributed by atoms with van der Waals surface area (Å²) in [5.41, 5.74) is -0.0768. The normalized spacial score (nSPS) is 9.87. The zero-order valence-electron chi connectivity index (χ0n) is 11.9. The van der Waals surface area contributed by atoms with Gasteiger partial charge in [0.25, 0.3) is 5.91 Å². The van der Waals surface area contributed by atoms with Gasteiger partial charge in [-0.05, 0) is 18.2 Å². The standard InChI is InChI=1S/C14H14F2N2O5/c1-2-6-17-14(21)18-11(19)8-22-12(20)9-4-3-5-10(7-9)23-13(15)16/h2-5,7,13H,1,6,8H2,(H2,17,18,19,21). The van der Waals surface area contributed by atoms with E-state index < -0.39 is 31.1 Å². The van der Waals surface area contributed by atoms with E-state index in [4.69, 9.17) is 0 Å². The molecule has 0 unspecified atom stereocenters. The monoisotopic (exact) mass is 328 g/mol. The van der Waals surface area contributed by atoms with Crippen LogP contribution in [0.2, 0.25) is 0 Å². The smallest absolute Gasteiger partial charge is 0.387 e. The predicted octanol–water partition coefficient (Wildman–Crippen LogP) is 1.46. The summed E-state index contributed by atoms with van der Waals surface area (Å²) in [5, 5.41) is 4.21. The van der Waals surface area contributed by atoms with E-state index in [-0.39, 0.29) is 17.9 Å². The average molecular weight is 328 g/mol. The molecule has 0 bridgehead atoms. The number of benzene rings is 1. The number of imide groups is 1. The lowest BCUT2D eigenvalue weighted by Gasteiger charge is -2.08. The summed E-state index contributed by atoms with van der Waals surface area (Å²) < 4.78 is 33.0. The van der Waals surface area contributed by atoms with Crippen LogP contribution in [0.4, 0.5) is 13.6 Å². The summed E-state index contributed by atoms with van der Waals surface area (Å²) in [7, 11) is 0. The van der Waals surface area contributed by atoms with Gasteiger partial charge in [-0.25, -0.2) is 9.59 Å². The van der Waals surface area contributed by atoms with Gasteiger partial charge in [0.05, 0.1) is 5.56 Å². The Kier molecular flexibility index (Phi) is 7.18. The van der Waals surface area contributed by atoms with E-state index in [0.29, 0.717) is 0 Å². The largest absolute Gasteiger partial charge is 0.452 e. The van der Waals surface area contributed by atoms with Crippen molar-refractivity contribution in [1.82, 2.24) is 10.6 Å². The van der Waals surface area contributed by atoms with Gasteiger partial charge in [-0.15, -0.1) is 6.58 Å². The molecule has 0 aliphatic carbocycles. The second-order valence-corrected chi connectivity index (χ2v) is 4.03. The van der Waals surface area contributed by atoms with Crippen molar-refractivity contribution in [3.05, 3.63) is 42.5 Å². The van der Waals surface area contributed by atoms with Gasteiger partial charge in [0.2, 0.25) is 0 Å². The molecule has 0 saturated heterocycles. The number of esters is 1. The molecular formula is C14H14F2N2O5. The van der Waals surface area contributed by atoms with Crippen LogP contribution in [0.1, 0.15) is 10.4 Å². The Balaban J connectivity index is 2.48. The van der Waals surface area contributed by atoms with Crippen molar-refractivity contribution in [2.45, 2.75) is 6.61 Å². The van der Waals surface area contributed by atoms with Crippen LogP contribution in [0.15, 0.2) is 36.9 Å². The van der Waals surface area contributed by atoms with Gasteiger partial charge >= 0.3 is 18.6 Å². The van der Waals surface area contributed by atoms with Crippen LogP contribution in [0.5, 0.6) is 5.75 Å². The molecule has 23 heavy (non-hydrogen) atoms. The van der Waals surface area contributed by atoms with Crippen LogP contribution in [0.25, 0.3) is 0 Å². The fraction of sp³-hybridized carbons (Fsp3) is 0.214. The highest BCUT2D eigenvalue weighted by Crippen LogP contribution is 2.16. The summed E-state index contributed by atoms with van der Waals surface area (Å²) >= 11 is 0. The van der Waals surface area contributed by atoms with E-state index >= 15 is 0 Å². The number of rotatable bonds is 7. The van der Waals surface area contributed by atoms with Crippen molar-refractivity contribution in [3.63, 3.8) is 0 Å². The third-order valence-electron chi connectivity index (χ3n) is 2.29. The molecule has 0 spiro atoms. The molecule has 0 saturated carbocycles. The first-order chi connectivity index (χ1) is 10.9. The van der Waals surface area contributed by atoms with Gasteiger partial charge in [0.15, 0.2) is 6.61 Å². The summed E-state index contributed by atoms with van der Waals surface area (Å²) in [6.07, 6.45) is 1.42. The molecule has 2 N–H and O–H groups in total. The van der Waals surface area contributed by atoms with Gasteiger partial charge in [-0.1, -0.05) is 12.1 Å². The number of alkyl halides is 2. The first kappa shape index (κ1) is 18.1. The Morgan fingerprint density at radius 1 is 1.30 bits per heavy atom. The highest BCUT2D eigenvalue weighted by molar-refractivity contribution is 5.97. The van der Waals surface area contributed by atoms with Crippen molar-refractivity contribution >= 4 is 17.9 Å². The number of nitrogens with one attached hydrogen (secondary N) is 2. The number of urea groups is 1. The van der Waals surface area contributed by atoms with E-state index in [1.165, 1.54) is 24.3 Å². The maximum Gasteiger partial charge on any atom is 0.387 e. The van der Waals surface area contributed by atoms with Gasteiger partial charge in [-0.3, -0.25) is 10.1 Å². The van der Waals surface area contributed by atoms with Crippen LogP contribution in [0, 0.1) is 0 Å². The SMILES string of the molecule is C=CCNC(=O)NC(=O)COC(=O)c1cccc(OC(F)F)c1. The second kappa shape index (κ2) is 9.13. The van der Waals surface area contributed by atoms with Crippen LogP contribution < -0.4 is 15.4 Å². The number of ether oxygens (including phenoxy) is 2. The lowest BCUT2D eigenvalue weighted by Crippen LogP contribution is -2.41. The molecule has 0 atom stereocenters. The van der Waals surface area contributed by atoms with Crippen molar-refractivity contribution < 1.29 is 32.6 Å². The summed E-state index contributed by atoms with van der Waals surface area (Å²) in [4.78, 5) is 34.2. The quantitative estimate of drug-likeness (QED) is 0.584. The van der Waals surface area contributed by atoms with Crippen LogP contribution in [-0.2, 0) is 9.53 Å². The Morgan fingerprint density at radius 3 is 2.70 bits per heavy atom. The number of hydrogen-bond acceptors (Lipinski definition) is 5. The van der Waals surface area contributed by atoms with Crippen molar-refractivity contribution in [1.29, 1.82) is 0 Å². The zero-order chi connectivity index (χ0) is 17.2. The van der Waals surface area contributed by atoms with Gasteiger partial charge in [0.1, 0.15) is 5.75 Å². The van der Waals surface area contributed by atoms with Gasteiger partial charge in [0, 0.05) is 6.54 Å². The fourth-order valence-corrected chi connectivity index (χ4v) is 1.39. The van der Waals surface area contributed by atoms with Crippen LogP contribution in [-0.4, -0.2) is 37.7 Å². The van der Waals surface area contributed by atoms with Crippen LogP contribution >= 0.6 is 0 Å². The highest BCUT2D eigenvalue weighted by atomic mass is 19.3. The number of carbonyl (C=O) groups is 3.